The van der Waals surface area contributed by atoms with Crippen LogP contribution in [0.3, 0.4) is 0 Å². The number of nitrogens with zero attached hydrogens (tertiary/aromatic N) is 7. The third-order valence-electron chi connectivity index (χ3n) is 3.45. The van der Waals surface area contributed by atoms with Gasteiger partial charge in [-0.25, -0.2) is 19.6 Å². The summed E-state index contributed by atoms with van der Waals surface area (Å²) in [5, 5.41) is 12.8. The number of thiazole rings is 1. The van der Waals surface area contributed by atoms with Crippen molar-refractivity contribution < 1.29 is 4.79 Å². The predicted molar refractivity (Wildman–Crippen MR) is 95.0 cm³/mol. The van der Waals surface area contributed by atoms with Crippen LogP contribution in [0.1, 0.15) is 16.2 Å². The Morgan fingerprint density at radius 2 is 1.96 bits per heavy atom. The molecule has 0 aliphatic heterocycles. The summed E-state index contributed by atoms with van der Waals surface area (Å²) in [5.74, 6) is -0.378. The van der Waals surface area contributed by atoms with Gasteiger partial charge >= 0.3 is 0 Å². The van der Waals surface area contributed by atoms with E-state index in [1.165, 1.54) is 28.5 Å². The number of amides is 1. The lowest BCUT2D eigenvalue weighted by Gasteiger charge is -2.04. The minimum atomic E-state index is -0.378. The van der Waals surface area contributed by atoms with E-state index >= 15 is 0 Å². The minimum absolute atomic E-state index is 0.255. The summed E-state index contributed by atoms with van der Waals surface area (Å²) in [6.07, 6.45) is 5.86. The molecule has 0 aliphatic carbocycles. The van der Waals surface area contributed by atoms with E-state index in [2.05, 4.69) is 35.6 Å². The highest BCUT2D eigenvalue weighted by atomic mass is 32.1. The molecule has 10 heteroatoms. The summed E-state index contributed by atoms with van der Waals surface area (Å²) >= 11 is 1.32. The molecular formula is C16H12N8OS. The molecule has 128 valence electrons. The fourth-order valence-electron chi connectivity index (χ4n) is 2.28. The Hall–Kier alpha value is -3.53. The van der Waals surface area contributed by atoms with Crippen molar-refractivity contribution >= 4 is 22.4 Å². The molecule has 0 fully saturated rings. The molecule has 0 saturated carbocycles. The quantitative estimate of drug-likeness (QED) is 0.590. The van der Waals surface area contributed by atoms with E-state index in [1.54, 1.807) is 12.4 Å². The number of anilines is 1. The Bertz CT molecular complexity index is 1060. The fourth-order valence-corrected chi connectivity index (χ4v) is 2.98. The minimum Gasteiger partial charge on any atom is -0.296 e. The number of rotatable bonds is 4. The molecule has 0 spiro atoms. The maximum atomic E-state index is 12.6. The maximum absolute atomic E-state index is 12.6. The van der Waals surface area contributed by atoms with Gasteiger partial charge in [-0.2, -0.15) is 0 Å². The summed E-state index contributed by atoms with van der Waals surface area (Å²) in [6, 6.07) is 5.71. The van der Waals surface area contributed by atoms with Gasteiger partial charge in [-0.05, 0) is 19.1 Å². The highest BCUT2D eigenvalue weighted by molar-refractivity contribution is 7.14. The number of pyridine rings is 1. The van der Waals surface area contributed by atoms with Crippen LogP contribution in [0.25, 0.3) is 17.1 Å². The van der Waals surface area contributed by atoms with Crippen molar-refractivity contribution in [3.8, 4) is 17.1 Å². The third-order valence-corrected chi connectivity index (χ3v) is 4.21. The average Bonchev–Trinajstić information content (AvgIpc) is 3.32. The summed E-state index contributed by atoms with van der Waals surface area (Å²) in [4.78, 5) is 29.3. The van der Waals surface area contributed by atoms with Crippen LogP contribution in [0.2, 0.25) is 0 Å². The lowest BCUT2D eigenvalue weighted by molar-refractivity contribution is 0.101. The van der Waals surface area contributed by atoms with Gasteiger partial charge in [0.25, 0.3) is 5.91 Å². The van der Waals surface area contributed by atoms with Gasteiger partial charge in [0.2, 0.25) is 0 Å². The molecular weight excluding hydrogens is 352 g/mol. The molecule has 0 saturated heterocycles. The van der Waals surface area contributed by atoms with E-state index in [4.69, 9.17) is 0 Å². The molecule has 4 aromatic rings. The summed E-state index contributed by atoms with van der Waals surface area (Å²) in [7, 11) is 0. The van der Waals surface area contributed by atoms with E-state index in [9.17, 15) is 4.79 Å². The number of aromatic nitrogens is 7. The highest BCUT2D eigenvalue weighted by Gasteiger charge is 2.17. The molecule has 4 heterocycles. The molecule has 1 N–H and O–H groups in total. The Balaban J connectivity index is 1.56. The first-order valence-corrected chi connectivity index (χ1v) is 8.45. The molecule has 1 amide bonds. The Kier molecular flexibility index (Phi) is 4.15. The topological polar surface area (TPSA) is 111 Å². The second-order valence-corrected chi connectivity index (χ2v) is 6.14. The number of carbonyl (C=O) groups excluding carboxylic acids is 1. The number of carbonyl (C=O) groups is 1. The van der Waals surface area contributed by atoms with Crippen molar-refractivity contribution in [1.82, 2.24) is 34.9 Å². The standard InChI is InChI=1S/C16H12N8OS/c1-10-3-2-4-12(20-10)13-8-26-16(21-13)22-15(25)14-7-19-23-24(14)11-5-17-9-18-6-11/h2-9H,1H3,(H,21,22,25). The molecule has 4 aromatic heterocycles. The van der Waals surface area contributed by atoms with Gasteiger partial charge in [-0.1, -0.05) is 11.3 Å². The fraction of sp³-hybridized carbons (Fsp3) is 0.0625. The van der Waals surface area contributed by atoms with Gasteiger partial charge in [-0.3, -0.25) is 15.1 Å². The molecule has 9 nitrogen and oxygen atoms in total. The van der Waals surface area contributed by atoms with Crippen LogP contribution in [0.5, 0.6) is 0 Å². The second-order valence-electron chi connectivity index (χ2n) is 5.28. The summed E-state index contributed by atoms with van der Waals surface area (Å²) in [5.41, 5.74) is 3.16. The second kappa shape index (κ2) is 6.76. The molecule has 0 radical (unpaired) electrons. The third kappa shape index (κ3) is 3.17. The van der Waals surface area contributed by atoms with Gasteiger partial charge < -0.3 is 0 Å². The Labute approximate surface area is 151 Å². The van der Waals surface area contributed by atoms with Crippen molar-refractivity contribution in [3.63, 3.8) is 0 Å². The first-order chi connectivity index (χ1) is 12.7. The van der Waals surface area contributed by atoms with Crippen LogP contribution in [0.4, 0.5) is 5.13 Å². The summed E-state index contributed by atoms with van der Waals surface area (Å²) in [6.45, 7) is 1.92. The molecule has 0 bridgehead atoms. The van der Waals surface area contributed by atoms with E-state index < -0.39 is 0 Å². The number of aryl methyl sites for hydroxylation is 1. The van der Waals surface area contributed by atoms with E-state index in [1.807, 2.05) is 30.5 Å². The van der Waals surface area contributed by atoms with E-state index in [0.29, 0.717) is 16.5 Å². The van der Waals surface area contributed by atoms with Gasteiger partial charge in [-0.15, -0.1) is 16.4 Å². The molecule has 0 atom stereocenters. The van der Waals surface area contributed by atoms with Crippen molar-refractivity contribution in [2.45, 2.75) is 6.92 Å². The van der Waals surface area contributed by atoms with Crippen molar-refractivity contribution in [2.75, 3.05) is 5.32 Å². The van der Waals surface area contributed by atoms with Gasteiger partial charge in [0.1, 0.15) is 17.7 Å². The normalized spacial score (nSPS) is 10.7. The van der Waals surface area contributed by atoms with Crippen LogP contribution >= 0.6 is 11.3 Å². The molecule has 0 aliphatic rings. The van der Waals surface area contributed by atoms with E-state index in [0.717, 1.165) is 11.4 Å². The van der Waals surface area contributed by atoms with Crippen molar-refractivity contribution in [3.05, 3.63) is 59.9 Å². The lowest BCUT2D eigenvalue weighted by atomic mass is 10.3. The lowest BCUT2D eigenvalue weighted by Crippen LogP contribution is -2.17. The molecule has 0 aromatic carbocycles. The molecule has 26 heavy (non-hydrogen) atoms. The molecule has 4 rings (SSSR count). The number of hydrogen-bond donors (Lipinski definition) is 1. The van der Waals surface area contributed by atoms with Crippen LogP contribution in [-0.4, -0.2) is 40.8 Å². The maximum Gasteiger partial charge on any atom is 0.277 e. The van der Waals surface area contributed by atoms with Crippen LogP contribution < -0.4 is 5.32 Å². The predicted octanol–water partition coefficient (Wildman–Crippen LogP) is 2.14. The van der Waals surface area contributed by atoms with Crippen molar-refractivity contribution in [1.29, 1.82) is 0 Å². The smallest absolute Gasteiger partial charge is 0.277 e. The van der Waals surface area contributed by atoms with Crippen LogP contribution in [0, 0.1) is 6.92 Å². The zero-order chi connectivity index (χ0) is 17.9. The number of hydrogen-bond acceptors (Lipinski definition) is 8. The zero-order valence-corrected chi connectivity index (χ0v) is 14.4. The van der Waals surface area contributed by atoms with Gasteiger partial charge in [0, 0.05) is 11.1 Å². The highest BCUT2D eigenvalue weighted by Crippen LogP contribution is 2.24. The van der Waals surface area contributed by atoms with Gasteiger partial charge in [0.05, 0.1) is 24.3 Å². The summed E-state index contributed by atoms with van der Waals surface area (Å²) < 4.78 is 1.37. The zero-order valence-electron chi connectivity index (χ0n) is 13.6. The van der Waals surface area contributed by atoms with Crippen LogP contribution in [0.15, 0.2) is 48.5 Å². The monoisotopic (exact) mass is 364 g/mol. The van der Waals surface area contributed by atoms with Gasteiger partial charge in [0.15, 0.2) is 10.8 Å². The average molecular weight is 364 g/mol. The molecule has 0 unspecified atom stereocenters. The van der Waals surface area contributed by atoms with E-state index in [-0.39, 0.29) is 11.6 Å². The largest absolute Gasteiger partial charge is 0.296 e. The van der Waals surface area contributed by atoms with Crippen LogP contribution in [-0.2, 0) is 0 Å². The SMILES string of the molecule is Cc1cccc(-c2csc(NC(=O)c3cnnn3-c3cncnc3)n2)n1. The van der Waals surface area contributed by atoms with Crippen molar-refractivity contribution in [2.24, 2.45) is 0 Å². The number of nitrogens with one attached hydrogen (secondary N) is 1. The first kappa shape index (κ1) is 16.0. The first-order valence-electron chi connectivity index (χ1n) is 7.58. The Morgan fingerprint density at radius 1 is 1.12 bits per heavy atom. The Morgan fingerprint density at radius 3 is 2.77 bits per heavy atom.